The third-order valence-electron chi connectivity index (χ3n) is 6.54. The summed E-state index contributed by atoms with van der Waals surface area (Å²) >= 11 is 0. The number of nitrogens with two attached hydrogens (primary N) is 1. The molecule has 0 fully saturated rings. The number of hydrazone groups is 1. The van der Waals surface area contributed by atoms with Crippen LogP contribution in [-0.4, -0.2) is 53.0 Å². The van der Waals surface area contributed by atoms with E-state index in [1.54, 1.807) is 35.9 Å². The average Bonchev–Trinajstić information content (AvgIpc) is 3.61. The van der Waals surface area contributed by atoms with Crippen molar-refractivity contribution < 1.29 is 4.92 Å². The van der Waals surface area contributed by atoms with E-state index in [0.717, 1.165) is 11.3 Å². The van der Waals surface area contributed by atoms with Gasteiger partial charge in [0.25, 0.3) is 5.65 Å². The lowest BCUT2D eigenvalue weighted by molar-refractivity contribution is -0.382. The maximum absolute atomic E-state index is 11.5. The van der Waals surface area contributed by atoms with E-state index >= 15 is 0 Å². The fraction of sp³-hybridized carbons (Fsp3) is 0.375. The molecule has 4 aromatic rings. The average molecular weight is 547 g/mol. The number of hydrogen-bond acceptors (Lipinski definition) is 14. The van der Waals surface area contributed by atoms with E-state index < -0.39 is 10.5 Å². The van der Waals surface area contributed by atoms with Crippen molar-refractivity contribution in [1.82, 2.24) is 41.1 Å². The number of hydrazine groups is 2. The van der Waals surface area contributed by atoms with Crippen molar-refractivity contribution in [2.75, 3.05) is 16.9 Å². The quantitative estimate of drug-likeness (QED) is 0.174. The van der Waals surface area contributed by atoms with Crippen LogP contribution in [-0.2, 0) is 5.54 Å². The van der Waals surface area contributed by atoms with Gasteiger partial charge in [-0.2, -0.15) is 4.52 Å². The third-order valence-corrected chi connectivity index (χ3v) is 6.54. The minimum atomic E-state index is -0.824. The highest BCUT2D eigenvalue weighted by molar-refractivity contribution is 6.49. The Labute approximate surface area is 228 Å². The standard InChI is InChI=1S/C12H13N7O2.C12H17N7/c1-7(2)5-14-10-8-3-4-13-6-9(8)18-12(15-16-17-18)11(10)19(20)21;1-7(2)5-12(14)8-3-4-15-6-9(8)19-11(10(12)13)16-17-18-19/h3-4,6-7,14H,5H2,1-2H3;3-4,6-7,13,17-18H,5,14H2,1-2H3. The van der Waals surface area contributed by atoms with Crippen molar-refractivity contribution in [2.24, 2.45) is 22.7 Å². The molecule has 0 saturated carbocycles. The molecular formula is C24H30N14O2. The Morgan fingerprint density at radius 2 is 1.93 bits per heavy atom. The lowest BCUT2D eigenvalue weighted by Crippen LogP contribution is -2.59. The number of nitrogens with one attached hydrogen (secondary N) is 4. The SMILES string of the molecule is CC(C)CC1(N)C(=N)C2=NNNN2c2cnccc21.CC(C)CNc1c([N+](=O)[O-])c2nnnn2c2cnccc12. The number of hydrogen-bond donors (Lipinski definition) is 5. The van der Waals surface area contributed by atoms with Gasteiger partial charge in [0.2, 0.25) is 0 Å². The van der Waals surface area contributed by atoms with Crippen molar-refractivity contribution in [2.45, 2.75) is 39.7 Å². The molecule has 1 unspecified atom stereocenters. The number of amidine groups is 1. The summed E-state index contributed by atoms with van der Waals surface area (Å²) in [5.41, 5.74) is 14.4. The summed E-state index contributed by atoms with van der Waals surface area (Å²) in [6, 6.07) is 3.59. The molecule has 4 aromatic heterocycles. The molecule has 208 valence electrons. The molecule has 2 aliphatic rings. The van der Waals surface area contributed by atoms with Gasteiger partial charge in [-0.05, 0) is 40.8 Å². The summed E-state index contributed by atoms with van der Waals surface area (Å²) in [6.07, 6.45) is 7.31. The van der Waals surface area contributed by atoms with Crippen LogP contribution in [0.4, 0.5) is 17.1 Å². The van der Waals surface area contributed by atoms with Gasteiger partial charge in [-0.25, -0.2) is 10.5 Å². The molecule has 6 rings (SSSR count). The maximum atomic E-state index is 11.5. The minimum Gasteiger partial charge on any atom is -0.379 e. The van der Waals surface area contributed by atoms with E-state index in [2.05, 4.69) is 60.8 Å². The van der Waals surface area contributed by atoms with Gasteiger partial charge in [0.15, 0.2) is 5.84 Å². The molecule has 1 atom stereocenters. The first-order chi connectivity index (χ1) is 19.1. The first kappa shape index (κ1) is 26.8. The number of pyridine rings is 3. The number of anilines is 2. The molecule has 2 aliphatic heterocycles. The lowest BCUT2D eigenvalue weighted by atomic mass is 9.76. The zero-order chi connectivity index (χ0) is 28.6. The highest BCUT2D eigenvalue weighted by atomic mass is 16.6. The van der Waals surface area contributed by atoms with E-state index in [0.29, 0.717) is 52.9 Å². The Hall–Kier alpha value is -4.83. The molecule has 16 heteroatoms. The van der Waals surface area contributed by atoms with Gasteiger partial charge in [-0.3, -0.25) is 25.5 Å². The lowest BCUT2D eigenvalue weighted by Gasteiger charge is -2.40. The number of rotatable bonds is 6. The van der Waals surface area contributed by atoms with Crippen molar-refractivity contribution in [3.63, 3.8) is 0 Å². The highest BCUT2D eigenvalue weighted by Crippen LogP contribution is 2.39. The summed E-state index contributed by atoms with van der Waals surface area (Å²) in [7, 11) is 0. The van der Waals surface area contributed by atoms with E-state index in [1.165, 1.54) is 4.52 Å². The van der Waals surface area contributed by atoms with E-state index in [-0.39, 0.29) is 11.3 Å². The topological polar surface area (TPSA) is 214 Å². The normalized spacial score (nSPS) is 17.8. The van der Waals surface area contributed by atoms with Gasteiger partial charge in [-0.15, -0.1) is 15.7 Å². The molecule has 0 aliphatic carbocycles. The van der Waals surface area contributed by atoms with Crippen LogP contribution >= 0.6 is 0 Å². The van der Waals surface area contributed by atoms with Crippen LogP contribution in [0.5, 0.6) is 0 Å². The van der Waals surface area contributed by atoms with Crippen LogP contribution < -0.4 is 27.1 Å². The number of nitro groups is 1. The second-order valence-corrected chi connectivity index (χ2v) is 10.4. The molecule has 40 heavy (non-hydrogen) atoms. The van der Waals surface area contributed by atoms with Gasteiger partial charge in [0, 0.05) is 29.9 Å². The van der Waals surface area contributed by atoms with Crippen LogP contribution in [0.15, 0.2) is 42.0 Å². The molecule has 0 saturated heterocycles. The van der Waals surface area contributed by atoms with Crippen LogP contribution in [0.3, 0.4) is 0 Å². The number of tetrazole rings is 1. The Morgan fingerprint density at radius 3 is 2.65 bits per heavy atom. The van der Waals surface area contributed by atoms with Crippen molar-refractivity contribution in [3.8, 4) is 0 Å². The van der Waals surface area contributed by atoms with Gasteiger partial charge in [0.05, 0.1) is 34.1 Å². The second-order valence-electron chi connectivity index (χ2n) is 10.4. The van der Waals surface area contributed by atoms with Gasteiger partial charge in [-0.1, -0.05) is 27.7 Å². The number of fused-ring (bicyclic) bond motifs is 6. The van der Waals surface area contributed by atoms with Crippen molar-refractivity contribution in [3.05, 3.63) is 52.6 Å². The van der Waals surface area contributed by atoms with E-state index in [1.807, 2.05) is 19.9 Å². The van der Waals surface area contributed by atoms with E-state index in [9.17, 15) is 10.1 Å². The monoisotopic (exact) mass is 546 g/mol. The highest BCUT2D eigenvalue weighted by Gasteiger charge is 2.46. The van der Waals surface area contributed by atoms with Gasteiger partial charge < -0.3 is 11.1 Å². The molecular weight excluding hydrogens is 516 g/mol. The molecule has 0 amide bonds. The fourth-order valence-electron chi connectivity index (χ4n) is 4.87. The minimum absolute atomic E-state index is 0.103. The molecule has 0 spiro atoms. The Bertz CT molecular complexity index is 1630. The first-order valence-corrected chi connectivity index (χ1v) is 12.7. The van der Waals surface area contributed by atoms with Crippen LogP contribution in [0.25, 0.3) is 16.6 Å². The first-order valence-electron chi connectivity index (χ1n) is 12.7. The molecule has 6 N–H and O–H groups in total. The smallest absolute Gasteiger partial charge is 0.339 e. The largest absolute Gasteiger partial charge is 0.379 e. The van der Waals surface area contributed by atoms with Crippen molar-refractivity contribution >= 4 is 45.2 Å². The predicted octanol–water partition coefficient (Wildman–Crippen LogP) is 2.11. The molecule has 6 heterocycles. The van der Waals surface area contributed by atoms with Crippen molar-refractivity contribution in [1.29, 1.82) is 5.41 Å². The summed E-state index contributed by atoms with van der Waals surface area (Å²) in [5.74, 6) is 1.22. The van der Waals surface area contributed by atoms with Gasteiger partial charge >= 0.3 is 5.69 Å². The Morgan fingerprint density at radius 1 is 1.18 bits per heavy atom. The van der Waals surface area contributed by atoms with Gasteiger partial charge in [0.1, 0.15) is 11.4 Å². The Balaban J connectivity index is 0.000000162. The van der Waals surface area contributed by atoms with E-state index in [4.69, 9.17) is 11.1 Å². The second kappa shape index (κ2) is 10.4. The zero-order valence-corrected chi connectivity index (χ0v) is 22.5. The summed E-state index contributed by atoms with van der Waals surface area (Å²) in [4.78, 5) is 19.2. The number of aromatic nitrogens is 6. The number of nitrogens with zero attached hydrogens (tertiary/aromatic N) is 9. The van der Waals surface area contributed by atoms with Crippen LogP contribution in [0.2, 0.25) is 0 Å². The molecule has 16 nitrogen and oxygen atoms in total. The summed E-state index contributed by atoms with van der Waals surface area (Å²) in [6.45, 7) is 8.86. The maximum Gasteiger partial charge on any atom is 0.339 e. The molecule has 0 aromatic carbocycles. The Kier molecular flexibility index (Phi) is 6.95. The summed E-state index contributed by atoms with van der Waals surface area (Å²) in [5, 5.41) is 40.6. The fourth-order valence-corrected chi connectivity index (χ4v) is 4.87. The third kappa shape index (κ3) is 4.52. The van der Waals surface area contributed by atoms with Crippen LogP contribution in [0, 0.1) is 27.4 Å². The molecule has 0 radical (unpaired) electrons. The summed E-state index contributed by atoms with van der Waals surface area (Å²) < 4.78 is 1.33. The van der Waals surface area contributed by atoms with Crippen LogP contribution in [0.1, 0.15) is 39.7 Å². The molecule has 0 bridgehead atoms. The predicted molar refractivity (Wildman–Crippen MR) is 150 cm³/mol. The zero-order valence-electron chi connectivity index (χ0n) is 22.5.